The largest absolute Gasteiger partial charge is 0.466 e. The van der Waals surface area contributed by atoms with Crippen molar-refractivity contribution in [1.82, 2.24) is 15.5 Å². The number of hydrogen-bond acceptors (Lipinski definition) is 6. The highest BCUT2D eigenvalue weighted by atomic mass is 16.6. The summed E-state index contributed by atoms with van der Waals surface area (Å²) in [7, 11) is 0. The van der Waals surface area contributed by atoms with Gasteiger partial charge in [0, 0.05) is 13.1 Å². The SMILES string of the molecule is CCOC(=O)CCNC(=O)C(c1cccc(C)c1C)N(CC)C(=O)C(C)NC(=O)OC(C)(C)C. The number of nitrogens with zero attached hydrogens (tertiary/aromatic N) is 1. The second-order valence-corrected chi connectivity index (χ2v) is 9.03. The van der Waals surface area contributed by atoms with E-state index in [1.807, 2.05) is 26.0 Å². The monoisotopic (exact) mass is 477 g/mol. The number of carbonyl (C=O) groups excluding carboxylic acids is 4. The van der Waals surface area contributed by atoms with Gasteiger partial charge in [0.1, 0.15) is 17.7 Å². The molecule has 0 aliphatic rings. The molecular weight excluding hydrogens is 438 g/mol. The van der Waals surface area contributed by atoms with Crippen molar-refractivity contribution >= 4 is 23.9 Å². The predicted molar refractivity (Wildman–Crippen MR) is 129 cm³/mol. The van der Waals surface area contributed by atoms with Crippen LogP contribution in [0, 0.1) is 13.8 Å². The van der Waals surface area contributed by atoms with Crippen LogP contribution in [-0.2, 0) is 23.9 Å². The third kappa shape index (κ3) is 8.68. The number of rotatable bonds is 10. The third-order valence-corrected chi connectivity index (χ3v) is 5.16. The predicted octanol–water partition coefficient (Wildman–Crippen LogP) is 3.18. The van der Waals surface area contributed by atoms with Crippen molar-refractivity contribution in [2.24, 2.45) is 0 Å². The zero-order chi connectivity index (χ0) is 26.1. The molecule has 2 atom stereocenters. The van der Waals surface area contributed by atoms with Crippen LogP contribution < -0.4 is 10.6 Å². The minimum atomic E-state index is -0.942. The van der Waals surface area contributed by atoms with Crippen molar-refractivity contribution in [2.75, 3.05) is 19.7 Å². The topological polar surface area (TPSA) is 114 Å². The lowest BCUT2D eigenvalue weighted by molar-refractivity contribution is -0.144. The van der Waals surface area contributed by atoms with Gasteiger partial charge in [-0.15, -0.1) is 0 Å². The minimum Gasteiger partial charge on any atom is -0.466 e. The van der Waals surface area contributed by atoms with Crippen LogP contribution >= 0.6 is 0 Å². The number of carbonyl (C=O) groups is 4. The molecule has 2 unspecified atom stereocenters. The number of alkyl carbamates (subject to hydrolysis) is 1. The highest BCUT2D eigenvalue weighted by molar-refractivity contribution is 5.92. The molecule has 0 saturated carbocycles. The lowest BCUT2D eigenvalue weighted by atomic mass is 9.95. The Kier molecular flexibility index (Phi) is 11.0. The van der Waals surface area contributed by atoms with E-state index < -0.39 is 41.6 Å². The molecule has 0 aromatic heterocycles. The molecule has 9 nitrogen and oxygen atoms in total. The van der Waals surface area contributed by atoms with Gasteiger partial charge < -0.3 is 25.0 Å². The number of benzene rings is 1. The van der Waals surface area contributed by atoms with Gasteiger partial charge in [-0.1, -0.05) is 18.2 Å². The van der Waals surface area contributed by atoms with E-state index in [1.165, 1.54) is 4.90 Å². The van der Waals surface area contributed by atoms with E-state index >= 15 is 0 Å². The van der Waals surface area contributed by atoms with E-state index in [2.05, 4.69) is 10.6 Å². The Balaban J connectivity index is 3.18. The summed E-state index contributed by atoms with van der Waals surface area (Å²) in [6, 6.07) is 3.70. The molecule has 190 valence electrons. The van der Waals surface area contributed by atoms with Crippen molar-refractivity contribution in [3.05, 3.63) is 34.9 Å². The number of hydrogen-bond donors (Lipinski definition) is 2. The first-order chi connectivity index (χ1) is 15.8. The summed E-state index contributed by atoms with van der Waals surface area (Å²) in [6.45, 7) is 14.6. The molecule has 1 aromatic carbocycles. The Morgan fingerprint density at radius 2 is 1.74 bits per heavy atom. The molecule has 0 aliphatic heterocycles. The van der Waals surface area contributed by atoms with Gasteiger partial charge in [-0.25, -0.2) is 4.79 Å². The van der Waals surface area contributed by atoms with Crippen LogP contribution in [0.1, 0.15) is 70.7 Å². The number of ether oxygens (including phenoxy) is 2. The molecule has 9 heteroatoms. The van der Waals surface area contributed by atoms with Gasteiger partial charge >= 0.3 is 12.1 Å². The van der Waals surface area contributed by atoms with E-state index in [-0.39, 0.29) is 26.1 Å². The van der Waals surface area contributed by atoms with Gasteiger partial charge in [0.25, 0.3) is 0 Å². The number of nitrogens with one attached hydrogen (secondary N) is 2. The van der Waals surface area contributed by atoms with Crippen molar-refractivity contribution in [3.8, 4) is 0 Å². The normalized spacial score (nSPS) is 12.8. The van der Waals surface area contributed by atoms with Crippen LogP contribution in [0.2, 0.25) is 0 Å². The average Bonchev–Trinajstić information content (AvgIpc) is 2.72. The summed E-state index contributed by atoms with van der Waals surface area (Å²) in [6.07, 6.45) is -0.693. The van der Waals surface area contributed by atoms with Crippen molar-refractivity contribution in [1.29, 1.82) is 0 Å². The van der Waals surface area contributed by atoms with Gasteiger partial charge in [-0.3, -0.25) is 14.4 Å². The van der Waals surface area contributed by atoms with E-state index in [0.717, 1.165) is 11.1 Å². The van der Waals surface area contributed by atoms with Gasteiger partial charge in [0.2, 0.25) is 11.8 Å². The van der Waals surface area contributed by atoms with E-state index in [9.17, 15) is 19.2 Å². The molecule has 0 heterocycles. The van der Waals surface area contributed by atoms with Gasteiger partial charge in [0.15, 0.2) is 0 Å². The molecule has 0 spiro atoms. The highest BCUT2D eigenvalue weighted by Crippen LogP contribution is 2.27. The molecule has 1 aromatic rings. The van der Waals surface area contributed by atoms with Gasteiger partial charge in [-0.2, -0.15) is 0 Å². The Hall–Kier alpha value is -3.10. The molecule has 34 heavy (non-hydrogen) atoms. The highest BCUT2D eigenvalue weighted by Gasteiger charge is 2.34. The Labute approximate surface area is 202 Å². The Morgan fingerprint density at radius 3 is 2.29 bits per heavy atom. The van der Waals surface area contributed by atoms with Crippen molar-refractivity contribution < 1.29 is 28.7 Å². The Bertz CT molecular complexity index is 878. The fourth-order valence-electron chi connectivity index (χ4n) is 3.40. The summed E-state index contributed by atoms with van der Waals surface area (Å²) in [4.78, 5) is 51.9. The van der Waals surface area contributed by atoms with Crippen molar-refractivity contribution in [3.63, 3.8) is 0 Å². The molecule has 0 radical (unpaired) electrons. The average molecular weight is 478 g/mol. The maximum absolute atomic E-state index is 13.4. The number of amides is 3. The van der Waals surface area contributed by atoms with Gasteiger partial charge in [-0.05, 0) is 72.1 Å². The van der Waals surface area contributed by atoms with E-state index in [1.54, 1.807) is 47.6 Å². The summed E-state index contributed by atoms with van der Waals surface area (Å²) < 4.78 is 10.2. The number of aryl methyl sites for hydroxylation is 1. The molecule has 0 bridgehead atoms. The maximum Gasteiger partial charge on any atom is 0.408 e. The van der Waals surface area contributed by atoms with Crippen LogP contribution in [0.15, 0.2) is 18.2 Å². The summed E-state index contributed by atoms with van der Waals surface area (Å²) in [5.74, 6) is -1.26. The minimum absolute atomic E-state index is 0.0236. The van der Waals surface area contributed by atoms with Gasteiger partial charge in [0.05, 0.1) is 13.0 Å². The third-order valence-electron chi connectivity index (χ3n) is 5.16. The first-order valence-electron chi connectivity index (χ1n) is 11.6. The molecule has 0 fully saturated rings. The first-order valence-corrected chi connectivity index (χ1v) is 11.6. The summed E-state index contributed by atoms with van der Waals surface area (Å²) >= 11 is 0. The zero-order valence-corrected chi connectivity index (χ0v) is 21.6. The second kappa shape index (κ2) is 13.0. The Morgan fingerprint density at radius 1 is 1.09 bits per heavy atom. The van der Waals surface area contributed by atoms with E-state index in [0.29, 0.717) is 5.56 Å². The lowest BCUT2D eigenvalue weighted by Crippen LogP contribution is -2.52. The first kappa shape index (κ1) is 28.9. The van der Waals surface area contributed by atoms with Crippen LogP contribution in [0.3, 0.4) is 0 Å². The fourth-order valence-corrected chi connectivity index (χ4v) is 3.40. The lowest BCUT2D eigenvalue weighted by Gasteiger charge is -2.33. The van der Waals surface area contributed by atoms with Crippen LogP contribution in [0.5, 0.6) is 0 Å². The summed E-state index contributed by atoms with van der Waals surface area (Å²) in [5, 5.41) is 5.30. The molecule has 0 saturated heterocycles. The molecule has 0 aliphatic carbocycles. The molecule has 3 amide bonds. The van der Waals surface area contributed by atoms with Crippen molar-refractivity contribution in [2.45, 2.75) is 79.5 Å². The molecular formula is C25H39N3O6. The zero-order valence-electron chi connectivity index (χ0n) is 21.6. The standard InChI is InChI=1S/C25H39N3O6/c1-9-28(23(31)18(5)27-24(32)34-25(6,7)8)21(19-13-11-12-16(3)17(19)4)22(30)26-15-14-20(29)33-10-2/h11-13,18,21H,9-10,14-15H2,1-8H3,(H,26,30)(H,27,32). The fraction of sp³-hybridized carbons (Fsp3) is 0.600. The maximum atomic E-state index is 13.4. The van der Waals surface area contributed by atoms with Crippen LogP contribution in [0.4, 0.5) is 4.79 Å². The molecule has 1 rings (SSSR count). The number of esters is 1. The quantitative estimate of drug-likeness (QED) is 0.501. The smallest absolute Gasteiger partial charge is 0.408 e. The van der Waals surface area contributed by atoms with Crippen LogP contribution in [0.25, 0.3) is 0 Å². The number of likely N-dealkylation sites (N-methyl/N-ethyl adjacent to an activating group) is 1. The summed E-state index contributed by atoms with van der Waals surface area (Å²) in [5.41, 5.74) is 1.82. The molecule has 2 N–H and O–H groups in total. The second-order valence-electron chi connectivity index (χ2n) is 9.03. The van der Waals surface area contributed by atoms with E-state index in [4.69, 9.17) is 9.47 Å². The van der Waals surface area contributed by atoms with Crippen LogP contribution in [-0.4, -0.2) is 60.1 Å².